The molecule has 1 fully saturated rings. The molecule has 0 heterocycles. The summed E-state index contributed by atoms with van der Waals surface area (Å²) in [5, 5.41) is 0.713. The smallest absolute Gasteiger partial charge is 0.325 e. The zero-order valence-electron chi connectivity index (χ0n) is 9.07. The molecule has 1 aromatic carbocycles. The lowest BCUT2D eigenvalue weighted by atomic mass is 9.66. The van der Waals surface area contributed by atoms with E-state index >= 15 is 0 Å². The maximum Gasteiger partial charge on any atom is 0.325 e. The molecule has 86 valence electrons. The van der Waals surface area contributed by atoms with Crippen molar-refractivity contribution in [3.05, 3.63) is 34.9 Å². The molecule has 16 heavy (non-hydrogen) atoms. The van der Waals surface area contributed by atoms with Crippen molar-refractivity contribution in [1.82, 2.24) is 0 Å². The van der Waals surface area contributed by atoms with Crippen molar-refractivity contribution in [1.29, 1.82) is 0 Å². The molecule has 0 atom stereocenters. The second kappa shape index (κ2) is 4.07. The van der Waals surface area contributed by atoms with E-state index in [1.165, 1.54) is 7.11 Å². The number of carbonyl (C=O) groups is 1. The summed E-state index contributed by atoms with van der Waals surface area (Å²) in [6, 6.07) is 7.67. The molecular formula is C12H14ClNO2. The van der Waals surface area contributed by atoms with Gasteiger partial charge < -0.3 is 10.5 Å². The minimum absolute atomic E-state index is 0.308. The summed E-state index contributed by atoms with van der Waals surface area (Å²) in [5.74, 6) is -0.0198. The molecule has 0 saturated heterocycles. The van der Waals surface area contributed by atoms with Crippen LogP contribution in [-0.2, 0) is 9.53 Å². The highest BCUT2D eigenvalue weighted by Crippen LogP contribution is 2.44. The van der Waals surface area contributed by atoms with E-state index in [1.54, 1.807) is 0 Å². The quantitative estimate of drug-likeness (QED) is 0.804. The van der Waals surface area contributed by atoms with Crippen molar-refractivity contribution in [2.24, 2.45) is 5.73 Å². The first-order chi connectivity index (χ1) is 7.55. The summed E-state index contributed by atoms with van der Waals surface area (Å²) >= 11 is 5.91. The van der Waals surface area contributed by atoms with Gasteiger partial charge in [-0.1, -0.05) is 23.7 Å². The van der Waals surface area contributed by atoms with E-state index in [2.05, 4.69) is 4.74 Å². The van der Waals surface area contributed by atoms with E-state index in [-0.39, 0.29) is 5.97 Å². The number of hydrogen-bond acceptors (Lipinski definition) is 3. The molecule has 0 aliphatic heterocycles. The van der Waals surface area contributed by atoms with Gasteiger partial charge in [0.15, 0.2) is 0 Å². The SMILES string of the molecule is COC(=O)C1(N)CC(c2cccc(Cl)c2)C1. The van der Waals surface area contributed by atoms with E-state index in [1.807, 2.05) is 24.3 Å². The van der Waals surface area contributed by atoms with Gasteiger partial charge in [-0.15, -0.1) is 0 Å². The second-order valence-electron chi connectivity index (χ2n) is 4.31. The number of nitrogens with two attached hydrogens (primary N) is 1. The van der Waals surface area contributed by atoms with E-state index in [9.17, 15) is 4.79 Å². The molecule has 1 aliphatic carbocycles. The van der Waals surface area contributed by atoms with E-state index in [4.69, 9.17) is 17.3 Å². The third-order valence-corrected chi connectivity index (χ3v) is 3.37. The fraction of sp³-hybridized carbons (Fsp3) is 0.417. The Morgan fingerprint density at radius 2 is 2.25 bits per heavy atom. The van der Waals surface area contributed by atoms with Crippen LogP contribution in [0, 0.1) is 0 Å². The van der Waals surface area contributed by atoms with Crippen LogP contribution < -0.4 is 5.73 Å². The van der Waals surface area contributed by atoms with Crippen molar-refractivity contribution in [2.75, 3.05) is 7.11 Å². The van der Waals surface area contributed by atoms with E-state index in [0.717, 1.165) is 5.56 Å². The van der Waals surface area contributed by atoms with Gasteiger partial charge in [0.25, 0.3) is 0 Å². The van der Waals surface area contributed by atoms with Crippen LogP contribution in [0.15, 0.2) is 24.3 Å². The first-order valence-electron chi connectivity index (χ1n) is 5.18. The Labute approximate surface area is 99.5 Å². The van der Waals surface area contributed by atoms with Crippen molar-refractivity contribution in [2.45, 2.75) is 24.3 Å². The molecule has 0 radical (unpaired) electrons. The predicted octanol–water partition coefficient (Wildman–Crippen LogP) is 2.09. The summed E-state index contributed by atoms with van der Waals surface area (Å²) in [5.41, 5.74) is 6.25. The summed E-state index contributed by atoms with van der Waals surface area (Å²) in [4.78, 5) is 11.4. The molecule has 0 bridgehead atoms. The number of hydrogen-bond donors (Lipinski definition) is 1. The third-order valence-electron chi connectivity index (χ3n) is 3.13. The number of benzene rings is 1. The maximum absolute atomic E-state index is 11.4. The number of carbonyl (C=O) groups excluding carboxylic acids is 1. The molecule has 4 heteroatoms. The van der Waals surface area contributed by atoms with Crippen LogP contribution in [0.2, 0.25) is 5.02 Å². The van der Waals surface area contributed by atoms with Crippen LogP contribution in [0.3, 0.4) is 0 Å². The lowest BCUT2D eigenvalue weighted by Gasteiger charge is -2.42. The largest absolute Gasteiger partial charge is 0.468 e. The van der Waals surface area contributed by atoms with Crippen molar-refractivity contribution in [3.8, 4) is 0 Å². The van der Waals surface area contributed by atoms with Crippen LogP contribution in [0.1, 0.15) is 24.3 Å². The summed E-state index contributed by atoms with van der Waals surface area (Å²) in [6.07, 6.45) is 1.25. The van der Waals surface area contributed by atoms with Gasteiger partial charge in [0, 0.05) is 5.02 Å². The van der Waals surface area contributed by atoms with Gasteiger partial charge in [-0.2, -0.15) is 0 Å². The summed E-state index contributed by atoms with van der Waals surface area (Å²) in [7, 11) is 1.36. The standard InChI is InChI=1S/C12H14ClNO2/c1-16-11(15)12(14)6-9(7-12)8-3-2-4-10(13)5-8/h2-5,9H,6-7,14H2,1H3. The van der Waals surface area contributed by atoms with Gasteiger partial charge in [0.2, 0.25) is 0 Å². The number of methoxy groups -OCH3 is 1. The van der Waals surface area contributed by atoms with Crippen LogP contribution >= 0.6 is 11.6 Å². The predicted molar refractivity (Wildman–Crippen MR) is 62.4 cm³/mol. The third kappa shape index (κ3) is 1.93. The normalized spacial score (nSPS) is 28.3. The molecule has 2 N–H and O–H groups in total. The number of rotatable bonds is 2. The van der Waals surface area contributed by atoms with Gasteiger partial charge in [0.1, 0.15) is 5.54 Å². The Morgan fingerprint density at radius 1 is 1.56 bits per heavy atom. The molecule has 1 aliphatic rings. The molecule has 0 unspecified atom stereocenters. The Bertz CT molecular complexity index is 413. The molecule has 3 nitrogen and oxygen atoms in total. The lowest BCUT2D eigenvalue weighted by molar-refractivity contribution is -0.151. The monoisotopic (exact) mass is 239 g/mol. The highest BCUT2D eigenvalue weighted by molar-refractivity contribution is 6.30. The fourth-order valence-electron chi connectivity index (χ4n) is 2.19. The summed E-state index contributed by atoms with van der Waals surface area (Å²) < 4.78 is 4.68. The first-order valence-corrected chi connectivity index (χ1v) is 5.56. The van der Waals surface area contributed by atoms with Gasteiger partial charge in [-0.25, -0.2) is 0 Å². The van der Waals surface area contributed by atoms with E-state index < -0.39 is 5.54 Å². The molecule has 0 aromatic heterocycles. The molecular weight excluding hydrogens is 226 g/mol. The molecule has 2 rings (SSSR count). The average molecular weight is 240 g/mol. The van der Waals surface area contributed by atoms with Gasteiger partial charge in [-0.05, 0) is 36.5 Å². The Hall–Kier alpha value is -1.06. The van der Waals surface area contributed by atoms with E-state index in [0.29, 0.717) is 23.8 Å². The Balaban J connectivity index is 2.06. The number of halogens is 1. The van der Waals surface area contributed by atoms with Crippen LogP contribution in [-0.4, -0.2) is 18.6 Å². The lowest BCUT2D eigenvalue weighted by Crippen LogP contribution is -2.57. The van der Waals surface area contributed by atoms with Crippen molar-refractivity contribution in [3.63, 3.8) is 0 Å². The molecule has 1 aromatic rings. The highest BCUT2D eigenvalue weighted by atomic mass is 35.5. The molecule has 0 spiro atoms. The second-order valence-corrected chi connectivity index (χ2v) is 4.74. The van der Waals surface area contributed by atoms with Gasteiger partial charge in [0.05, 0.1) is 7.11 Å². The molecule has 0 amide bonds. The fourth-order valence-corrected chi connectivity index (χ4v) is 2.38. The van der Waals surface area contributed by atoms with Gasteiger partial charge >= 0.3 is 5.97 Å². The summed E-state index contributed by atoms with van der Waals surface area (Å²) in [6.45, 7) is 0. The molecule has 1 saturated carbocycles. The Morgan fingerprint density at radius 3 is 2.81 bits per heavy atom. The van der Waals surface area contributed by atoms with Gasteiger partial charge in [-0.3, -0.25) is 4.79 Å². The van der Waals surface area contributed by atoms with Crippen LogP contribution in [0.25, 0.3) is 0 Å². The number of esters is 1. The zero-order chi connectivity index (χ0) is 11.8. The zero-order valence-corrected chi connectivity index (χ0v) is 9.83. The maximum atomic E-state index is 11.4. The van der Waals surface area contributed by atoms with Crippen molar-refractivity contribution >= 4 is 17.6 Å². The highest BCUT2D eigenvalue weighted by Gasteiger charge is 2.48. The van der Waals surface area contributed by atoms with Crippen LogP contribution in [0.5, 0.6) is 0 Å². The Kier molecular flexibility index (Phi) is 2.91. The minimum atomic E-state index is -0.804. The van der Waals surface area contributed by atoms with Crippen molar-refractivity contribution < 1.29 is 9.53 Å². The number of ether oxygens (including phenoxy) is 1. The minimum Gasteiger partial charge on any atom is -0.468 e. The topological polar surface area (TPSA) is 52.3 Å². The first kappa shape index (κ1) is 11.4. The van der Waals surface area contributed by atoms with Crippen LogP contribution in [0.4, 0.5) is 0 Å². The average Bonchev–Trinajstić information content (AvgIpc) is 2.23.